The second-order valence-electron chi connectivity index (χ2n) is 4.14. The van der Waals surface area contributed by atoms with Crippen LogP contribution < -0.4 is 14.8 Å². The molecule has 0 saturated carbocycles. The van der Waals surface area contributed by atoms with Gasteiger partial charge in [-0.3, -0.25) is 4.79 Å². The summed E-state index contributed by atoms with van der Waals surface area (Å²) in [6.07, 6.45) is 0. The van der Waals surface area contributed by atoms with E-state index in [1.807, 2.05) is 4.90 Å². The molecule has 1 aliphatic rings. The van der Waals surface area contributed by atoms with Crippen molar-refractivity contribution in [2.24, 2.45) is 0 Å². The van der Waals surface area contributed by atoms with Crippen LogP contribution in [0.4, 0.5) is 0 Å². The molecule has 0 radical (unpaired) electrons. The molecule has 0 atom stereocenters. The molecule has 5 heteroatoms. The lowest BCUT2D eigenvalue weighted by Gasteiger charge is -2.27. The summed E-state index contributed by atoms with van der Waals surface area (Å²) in [5, 5.41) is 3.22. The number of methoxy groups -OCH3 is 2. The Labute approximate surface area is 107 Å². The molecule has 0 bridgehead atoms. The maximum Gasteiger partial charge on any atom is 0.254 e. The quantitative estimate of drug-likeness (QED) is 0.860. The lowest BCUT2D eigenvalue weighted by atomic mass is 10.1. The summed E-state index contributed by atoms with van der Waals surface area (Å²) in [6, 6.07) is 5.24. The first kappa shape index (κ1) is 12.7. The fourth-order valence-corrected chi connectivity index (χ4v) is 1.98. The summed E-state index contributed by atoms with van der Waals surface area (Å²) in [6.45, 7) is 3.15. The Hall–Kier alpha value is -1.75. The SMILES string of the molecule is COc1cc(OC)cc(C(=O)N2CCNCC2)c1. The molecule has 1 fully saturated rings. The van der Waals surface area contributed by atoms with Crippen molar-refractivity contribution >= 4 is 5.91 Å². The van der Waals surface area contributed by atoms with Crippen molar-refractivity contribution in [3.8, 4) is 11.5 Å². The van der Waals surface area contributed by atoms with E-state index in [4.69, 9.17) is 9.47 Å². The molecule has 5 nitrogen and oxygen atoms in total. The van der Waals surface area contributed by atoms with Crippen molar-refractivity contribution in [1.29, 1.82) is 0 Å². The van der Waals surface area contributed by atoms with Crippen LogP contribution in [-0.4, -0.2) is 51.2 Å². The van der Waals surface area contributed by atoms with E-state index in [0.29, 0.717) is 17.1 Å². The van der Waals surface area contributed by atoms with Gasteiger partial charge >= 0.3 is 0 Å². The first-order valence-electron chi connectivity index (χ1n) is 5.97. The summed E-state index contributed by atoms with van der Waals surface area (Å²) in [5.41, 5.74) is 0.605. The predicted octanol–water partition coefficient (Wildman–Crippen LogP) is 0.749. The van der Waals surface area contributed by atoms with Gasteiger partial charge in [0, 0.05) is 37.8 Å². The number of amides is 1. The van der Waals surface area contributed by atoms with Crippen LogP contribution in [0.3, 0.4) is 0 Å². The molecule has 1 heterocycles. The largest absolute Gasteiger partial charge is 0.497 e. The first-order chi connectivity index (χ1) is 8.74. The Bertz CT molecular complexity index is 406. The molecular formula is C13H18N2O3. The number of rotatable bonds is 3. The van der Waals surface area contributed by atoms with Gasteiger partial charge in [0.1, 0.15) is 11.5 Å². The highest BCUT2D eigenvalue weighted by Crippen LogP contribution is 2.23. The van der Waals surface area contributed by atoms with Crippen LogP contribution in [0.2, 0.25) is 0 Å². The molecule has 0 aliphatic carbocycles. The molecule has 1 aromatic carbocycles. The third-order valence-electron chi connectivity index (χ3n) is 3.00. The van der Waals surface area contributed by atoms with Gasteiger partial charge in [-0.2, -0.15) is 0 Å². The minimum absolute atomic E-state index is 0.0219. The number of nitrogens with one attached hydrogen (secondary N) is 1. The molecule has 0 unspecified atom stereocenters. The van der Waals surface area contributed by atoms with Crippen LogP contribution in [-0.2, 0) is 0 Å². The molecule has 2 rings (SSSR count). The van der Waals surface area contributed by atoms with Crippen molar-refractivity contribution < 1.29 is 14.3 Å². The zero-order valence-corrected chi connectivity index (χ0v) is 10.7. The van der Waals surface area contributed by atoms with Gasteiger partial charge in [-0.15, -0.1) is 0 Å². The van der Waals surface area contributed by atoms with Crippen molar-refractivity contribution in [2.75, 3.05) is 40.4 Å². The van der Waals surface area contributed by atoms with E-state index in [1.165, 1.54) is 0 Å². The highest BCUT2D eigenvalue weighted by atomic mass is 16.5. The van der Waals surface area contributed by atoms with E-state index in [0.717, 1.165) is 26.2 Å². The summed E-state index contributed by atoms with van der Waals surface area (Å²) < 4.78 is 10.3. The van der Waals surface area contributed by atoms with Gasteiger partial charge < -0.3 is 19.7 Å². The smallest absolute Gasteiger partial charge is 0.254 e. The monoisotopic (exact) mass is 250 g/mol. The van der Waals surface area contributed by atoms with Gasteiger partial charge in [0.05, 0.1) is 14.2 Å². The number of carbonyl (C=O) groups excluding carboxylic acids is 1. The number of hydrogen-bond donors (Lipinski definition) is 1. The minimum Gasteiger partial charge on any atom is -0.497 e. The van der Waals surface area contributed by atoms with Crippen LogP contribution in [0, 0.1) is 0 Å². The standard InChI is InChI=1S/C13H18N2O3/c1-17-11-7-10(8-12(9-11)18-2)13(16)15-5-3-14-4-6-15/h7-9,14H,3-6H2,1-2H3. The fraction of sp³-hybridized carbons (Fsp3) is 0.462. The Balaban J connectivity index is 2.22. The molecule has 0 aromatic heterocycles. The van der Waals surface area contributed by atoms with E-state index < -0.39 is 0 Å². The van der Waals surface area contributed by atoms with Gasteiger partial charge in [-0.1, -0.05) is 0 Å². The van der Waals surface area contributed by atoms with Crippen molar-refractivity contribution in [2.45, 2.75) is 0 Å². The summed E-state index contributed by atoms with van der Waals surface area (Å²) >= 11 is 0. The maximum absolute atomic E-state index is 12.3. The number of hydrogen-bond acceptors (Lipinski definition) is 4. The van der Waals surface area contributed by atoms with E-state index >= 15 is 0 Å². The van der Waals surface area contributed by atoms with Crippen molar-refractivity contribution in [1.82, 2.24) is 10.2 Å². The normalized spacial score (nSPS) is 15.3. The van der Waals surface area contributed by atoms with Crippen molar-refractivity contribution in [3.63, 3.8) is 0 Å². The highest BCUT2D eigenvalue weighted by Gasteiger charge is 2.19. The topological polar surface area (TPSA) is 50.8 Å². The van der Waals surface area contributed by atoms with Crippen LogP contribution in [0.5, 0.6) is 11.5 Å². The van der Waals surface area contributed by atoms with Crippen LogP contribution >= 0.6 is 0 Å². The van der Waals surface area contributed by atoms with E-state index in [2.05, 4.69) is 5.32 Å². The Morgan fingerprint density at radius 2 is 1.67 bits per heavy atom. The summed E-state index contributed by atoms with van der Waals surface area (Å²) in [4.78, 5) is 14.2. The molecule has 1 N–H and O–H groups in total. The Morgan fingerprint density at radius 3 is 2.17 bits per heavy atom. The number of ether oxygens (including phenoxy) is 2. The number of carbonyl (C=O) groups is 1. The van der Waals surface area contributed by atoms with Crippen molar-refractivity contribution in [3.05, 3.63) is 23.8 Å². The fourth-order valence-electron chi connectivity index (χ4n) is 1.98. The third kappa shape index (κ3) is 2.73. The zero-order valence-electron chi connectivity index (χ0n) is 10.7. The predicted molar refractivity (Wildman–Crippen MR) is 68.3 cm³/mol. The molecule has 1 amide bonds. The van der Waals surface area contributed by atoms with E-state index in [1.54, 1.807) is 32.4 Å². The Kier molecular flexibility index (Phi) is 4.04. The number of benzene rings is 1. The Morgan fingerprint density at radius 1 is 1.11 bits per heavy atom. The highest BCUT2D eigenvalue weighted by molar-refractivity contribution is 5.95. The minimum atomic E-state index is 0.0219. The molecule has 1 aliphatic heterocycles. The molecule has 18 heavy (non-hydrogen) atoms. The maximum atomic E-state index is 12.3. The van der Waals surface area contributed by atoms with Gasteiger partial charge in [-0.05, 0) is 12.1 Å². The van der Waals surface area contributed by atoms with Crippen LogP contribution in [0.1, 0.15) is 10.4 Å². The molecule has 0 spiro atoms. The van der Waals surface area contributed by atoms with E-state index in [-0.39, 0.29) is 5.91 Å². The third-order valence-corrected chi connectivity index (χ3v) is 3.00. The number of nitrogens with zero attached hydrogens (tertiary/aromatic N) is 1. The number of piperazine rings is 1. The van der Waals surface area contributed by atoms with E-state index in [9.17, 15) is 4.79 Å². The average molecular weight is 250 g/mol. The molecule has 98 valence electrons. The molecular weight excluding hydrogens is 232 g/mol. The zero-order chi connectivity index (χ0) is 13.0. The van der Waals surface area contributed by atoms with Gasteiger partial charge in [0.15, 0.2) is 0 Å². The summed E-state index contributed by atoms with van der Waals surface area (Å²) in [7, 11) is 3.15. The van der Waals surface area contributed by atoms with Gasteiger partial charge in [0.25, 0.3) is 5.91 Å². The molecule has 1 saturated heterocycles. The second-order valence-corrected chi connectivity index (χ2v) is 4.14. The van der Waals surface area contributed by atoms with Crippen LogP contribution in [0.25, 0.3) is 0 Å². The second kappa shape index (κ2) is 5.73. The van der Waals surface area contributed by atoms with Gasteiger partial charge in [0.2, 0.25) is 0 Å². The van der Waals surface area contributed by atoms with Gasteiger partial charge in [-0.25, -0.2) is 0 Å². The van der Waals surface area contributed by atoms with Crippen LogP contribution in [0.15, 0.2) is 18.2 Å². The lowest BCUT2D eigenvalue weighted by Crippen LogP contribution is -2.46. The lowest BCUT2D eigenvalue weighted by molar-refractivity contribution is 0.0735. The first-order valence-corrected chi connectivity index (χ1v) is 5.97. The summed E-state index contributed by atoms with van der Waals surface area (Å²) in [5.74, 6) is 1.29. The molecule has 1 aromatic rings. The average Bonchev–Trinajstić information content (AvgIpc) is 2.46.